The predicted molar refractivity (Wildman–Crippen MR) is 107 cm³/mol. The number of aromatic nitrogens is 1. The van der Waals surface area contributed by atoms with Crippen LogP contribution in [0.2, 0.25) is 0 Å². The number of rotatable bonds is 6. The summed E-state index contributed by atoms with van der Waals surface area (Å²) in [5, 5.41) is 12.9. The number of nitrogens with one attached hydrogen (secondary N) is 1. The van der Waals surface area contributed by atoms with E-state index in [1.54, 1.807) is 19.2 Å². The second-order valence-corrected chi connectivity index (χ2v) is 6.64. The number of fused-ring (bicyclic) bond motifs is 1. The lowest BCUT2D eigenvalue weighted by Gasteiger charge is -2.13. The number of benzene rings is 2. The first-order valence-electron chi connectivity index (χ1n) is 9.00. The van der Waals surface area contributed by atoms with Crippen LogP contribution in [0.4, 0.5) is 0 Å². The molecule has 3 aromatic rings. The van der Waals surface area contributed by atoms with Gasteiger partial charge in [0.2, 0.25) is 0 Å². The maximum absolute atomic E-state index is 12.3. The number of carbonyl (C=O) groups excluding carboxylic acids is 1. The number of nitrogens with zero attached hydrogens (tertiary/aromatic N) is 1. The Morgan fingerprint density at radius 1 is 1.22 bits per heavy atom. The molecule has 3 rings (SSSR count). The smallest absolute Gasteiger partial charge is 0.251 e. The van der Waals surface area contributed by atoms with Gasteiger partial charge >= 0.3 is 0 Å². The number of amides is 1. The van der Waals surface area contributed by atoms with Crippen molar-refractivity contribution in [2.45, 2.75) is 26.3 Å². The van der Waals surface area contributed by atoms with Crippen LogP contribution in [0, 0.1) is 6.92 Å². The molecule has 2 aromatic carbocycles. The number of pyridine rings is 1. The number of methoxy groups -OCH3 is 1. The summed E-state index contributed by atoms with van der Waals surface area (Å²) in [5.74, 6) is 0.595. The fraction of sp³-hybridized carbons (Fsp3) is 0.273. The average molecular weight is 364 g/mol. The molecule has 0 aliphatic rings. The Balaban J connectivity index is 1.90. The van der Waals surface area contributed by atoms with Gasteiger partial charge in [-0.3, -0.25) is 4.79 Å². The van der Waals surface area contributed by atoms with Gasteiger partial charge in [0, 0.05) is 29.2 Å². The van der Waals surface area contributed by atoms with Crippen molar-refractivity contribution in [3.8, 4) is 17.0 Å². The van der Waals surface area contributed by atoms with E-state index in [-0.39, 0.29) is 18.6 Å². The zero-order valence-corrected chi connectivity index (χ0v) is 15.8. The molecule has 0 saturated heterocycles. The highest BCUT2D eigenvalue weighted by Gasteiger charge is 2.12. The number of para-hydroxylation sites is 1. The van der Waals surface area contributed by atoms with Gasteiger partial charge in [0.15, 0.2) is 0 Å². The van der Waals surface area contributed by atoms with Gasteiger partial charge in [0.1, 0.15) is 11.3 Å². The van der Waals surface area contributed by atoms with E-state index in [1.165, 1.54) is 0 Å². The van der Waals surface area contributed by atoms with E-state index < -0.39 is 0 Å². The Hall–Kier alpha value is -2.92. The monoisotopic (exact) mass is 364 g/mol. The summed E-state index contributed by atoms with van der Waals surface area (Å²) in [6.45, 7) is 3.98. The molecule has 5 heteroatoms. The quantitative estimate of drug-likeness (QED) is 0.699. The summed E-state index contributed by atoms with van der Waals surface area (Å²) in [7, 11) is 1.64. The molecule has 0 bridgehead atoms. The third-order valence-electron chi connectivity index (χ3n) is 4.61. The van der Waals surface area contributed by atoms with Gasteiger partial charge in [-0.2, -0.15) is 0 Å². The van der Waals surface area contributed by atoms with Crippen molar-refractivity contribution in [3.63, 3.8) is 0 Å². The van der Waals surface area contributed by atoms with E-state index in [2.05, 4.69) is 12.2 Å². The van der Waals surface area contributed by atoms with E-state index in [4.69, 9.17) is 14.8 Å². The molecular formula is C22H24N2O3. The lowest BCUT2D eigenvalue weighted by molar-refractivity contribution is 0.0934. The van der Waals surface area contributed by atoms with Crippen molar-refractivity contribution in [3.05, 3.63) is 59.7 Å². The van der Waals surface area contributed by atoms with Gasteiger partial charge in [0.25, 0.3) is 5.91 Å². The molecule has 0 saturated carbocycles. The van der Waals surface area contributed by atoms with Crippen LogP contribution in [0.1, 0.15) is 29.3 Å². The van der Waals surface area contributed by atoms with Gasteiger partial charge in [-0.15, -0.1) is 0 Å². The second-order valence-electron chi connectivity index (χ2n) is 6.64. The molecule has 1 amide bonds. The highest BCUT2D eigenvalue weighted by molar-refractivity contribution is 5.95. The highest BCUT2D eigenvalue weighted by Crippen LogP contribution is 2.30. The Kier molecular flexibility index (Phi) is 5.72. The van der Waals surface area contributed by atoms with Crippen molar-refractivity contribution >= 4 is 16.8 Å². The van der Waals surface area contributed by atoms with Crippen molar-refractivity contribution in [1.29, 1.82) is 0 Å². The Bertz CT molecular complexity index is 952. The van der Waals surface area contributed by atoms with Crippen LogP contribution in [0.3, 0.4) is 0 Å². The number of aliphatic hydroxyl groups excluding tert-OH is 1. The Labute approximate surface area is 159 Å². The summed E-state index contributed by atoms with van der Waals surface area (Å²) in [6, 6.07) is 15.2. The summed E-state index contributed by atoms with van der Waals surface area (Å²) < 4.78 is 5.45. The third kappa shape index (κ3) is 4.09. The predicted octanol–water partition coefficient (Wildman–Crippen LogP) is 3.72. The fourth-order valence-corrected chi connectivity index (χ4v) is 3.07. The molecule has 0 fully saturated rings. The number of hydrogen-bond acceptors (Lipinski definition) is 4. The van der Waals surface area contributed by atoms with E-state index in [1.807, 2.05) is 43.3 Å². The molecule has 1 atom stereocenters. The first-order chi connectivity index (χ1) is 13.0. The highest BCUT2D eigenvalue weighted by atomic mass is 16.5. The average Bonchev–Trinajstić information content (AvgIpc) is 2.67. The lowest BCUT2D eigenvalue weighted by atomic mass is 10.0. The molecule has 0 spiro atoms. The standard InChI is InChI=1S/C22H24N2O3/c1-14-13-19(24-21-18(14)5-4-6-20(21)27-3)16-7-9-17(10-8-16)22(26)23-15(2)11-12-25/h4-10,13,15,25H,11-12H2,1-3H3,(H,23,26)/t15-/m1/s1. The maximum Gasteiger partial charge on any atom is 0.251 e. The normalized spacial score (nSPS) is 12.0. The van der Waals surface area contributed by atoms with Crippen molar-refractivity contribution < 1.29 is 14.6 Å². The van der Waals surface area contributed by atoms with Gasteiger partial charge in [-0.25, -0.2) is 4.98 Å². The van der Waals surface area contributed by atoms with Crippen LogP contribution in [-0.4, -0.2) is 35.8 Å². The first-order valence-corrected chi connectivity index (χ1v) is 9.00. The zero-order chi connectivity index (χ0) is 19.4. The minimum atomic E-state index is -0.146. The van der Waals surface area contributed by atoms with E-state index in [0.29, 0.717) is 12.0 Å². The van der Waals surface area contributed by atoms with Crippen molar-refractivity contribution in [2.75, 3.05) is 13.7 Å². The lowest BCUT2D eigenvalue weighted by Crippen LogP contribution is -2.33. The fourth-order valence-electron chi connectivity index (χ4n) is 3.07. The first kappa shape index (κ1) is 18.9. The van der Waals surface area contributed by atoms with Crippen molar-refractivity contribution in [2.24, 2.45) is 0 Å². The molecule has 1 heterocycles. The molecule has 1 aromatic heterocycles. The molecule has 27 heavy (non-hydrogen) atoms. The van der Waals surface area contributed by atoms with Gasteiger partial charge in [0.05, 0.1) is 12.8 Å². The van der Waals surface area contributed by atoms with Crippen LogP contribution in [0.15, 0.2) is 48.5 Å². The SMILES string of the molecule is COc1cccc2c(C)cc(-c3ccc(C(=O)N[C@H](C)CCO)cc3)nc12. The Morgan fingerprint density at radius 3 is 2.63 bits per heavy atom. The topological polar surface area (TPSA) is 71.5 Å². The number of aryl methyl sites for hydroxylation is 1. The van der Waals surface area contributed by atoms with Crippen LogP contribution >= 0.6 is 0 Å². The van der Waals surface area contributed by atoms with Gasteiger partial charge < -0.3 is 15.2 Å². The van der Waals surface area contributed by atoms with E-state index in [9.17, 15) is 4.79 Å². The number of aliphatic hydroxyl groups is 1. The maximum atomic E-state index is 12.3. The summed E-state index contributed by atoms with van der Waals surface area (Å²) >= 11 is 0. The Morgan fingerprint density at radius 2 is 1.96 bits per heavy atom. The molecular weight excluding hydrogens is 340 g/mol. The van der Waals surface area contributed by atoms with Gasteiger partial charge in [-0.1, -0.05) is 24.3 Å². The van der Waals surface area contributed by atoms with Crippen LogP contribution in [0.25, 0.3) is 22.2 Å². The summed E-state index contributed by atoms with van der Waals surface area (Å²) in [6.07, 6.45) is 0.534. The van der Waals surface area contributed by atoms with Crippen LogP contribution < -0.4 is 10.1 Å². The third-order valence-corrected chi connectivity index (χ3v) is 4.61. The minimum Gasteiger partial charge on any atom is -0.494 e. The number of ether oxygens (including phenoxy) is 1. The zero-order valence-electron chi connectivity index (χ0n) is 15.8. The second kappa shape index (κ2) is 8.18. The molecule has 2 N–H and O–H groups in total. The number of carbonyl (C=O) groups is 1. The van der Waals surface area contributed by atoms with Crippen LogP contribution in [0.5, 0.6) is 5.75 Å². The molecule has 0 aliphatic heterocycles. The number of hydrogen-bond donors (Lipinski definition) is 2. The molecule has 0 radical (unpaired) electrons. The molecule has 0 aliphatic carbocycles. The summed E-state index contributed by atoms with van der Waals surface area (Å²) in [5.41, 5.74) is 4.30. The molecule has 140 valence electrons. The van der Waals surface area contributed by atoms with Crippen molar-refractivity contribution in [1.82, 2.24) is 10.3 Å². The van der Waals surface area contributed by atoms with Gasteiger partial charge in [-0.05, 0) is 50.1 Å². The van der Waals surface area contributed by atoms with E-state index >= 15 is 0 Å². The summed E-state index contributed by atoms with van der Waals surface area (Å²) in [4.78, 5) is 17.0. The molecule has 5 nitrogen and oxygen atoms in total. The van der Waals surface area contributed by atoms with Crippen LogP contribution in [-0.2, 0) is 0 Å². The minimum absolute atomic E-state index is 0.0524. The van der Waals surface area contributed by atoms with E-state index in [0.717, 1.165) is 33.5 Å². The largest absolute Gasteiger partial charge is 0.494 e. The molecule has 0 unspecified atom stereocenters.